The van der Waals surface area contributed by atoms with Gasteiger partial charge in [0.15, 0.2) is 11.7 Å². The Bertz CT molecular complexity index is 654. The molecule has 0 spiro atoms. The summed E-state index contributed by atoms with van der Waals surface area (Å²) < 4.78 is 37.2. The topological polar surface area (TPSA) is 38.8 Å². The summed E-state index contributed by atoms with van der Waals surface area (Å²) in [5, 5.41) is 0. The molecule has 1 heterocycles. The fraction of sp³-hybridized carbons (Fsp3) is 0.188. The number of benzene rings is 2. The molecule has 0 N–H and O–H groups in total. The Balaban J connectivity index is 2.12. The molecule has 2 aromatic carbocycles. The molecule has 0 saturated carbocycles. The van der Waals surface area contributed by atoms with Crippen molar-refractivity contribution < 1.29 is 23.0 Å². The molecule has 1 saturated heterocycles. The fourth-order valence-electron chi connectivity index (χ4n) is 2.52. The second-order valence-electron chi connectivity index (χ2n) is 4.78. The molecule has 0 radical (unpaired) electrons. The van der Waals surface area contributed by atoms with E-state index in [9.17, 15) is 13.6 Å². The van der Waals surface area contributed by atoms with Crippen LogP contribution in [-0.2, 0) is 19.9 Å². The molecule has 1 atom stereocenters. The number of esters is 1. The van der Waals surface area contributed by atoms with Crippen molar-refractivity contribution in [2.75, 3.05) is 7.11 Å². The monoisotopic (exact) mass is 290 g/mol. The van der Waals surface area contributed by atoms with Gasteiger partial charge in [0.2, 0.25) is 0 Å². The molecule has 1 aliphatic heterocycles. The number of methoxy groups -OCH3 is 1. The van der Waals surface area contributed by atoms with E-state index in [1.54, 1.807) is 12.1 Å². The van der Waals surface area contributed by atoms with Crippen molar-refractivity contribution in [2.45, 2.75) is 11.7 Å². The van der Waals surface area contributed by atoms with Crippen molar-refractivity contribution >= 4 is 5.97 Å². The molecule has 3 rings (SSSR count). The fourth-order valence-corrected chi connectivity index (χ4v) is 2.52. The molecule has 1 fully saturated rings. The second-order valence-corrected chi connectivity index (χ2v) is 4.78. The van der Waals surface area contributed by atoms with Crippen LogP contribution in [0.25, 0.3) is 0 Å². The molecule has 0 bridgehead atoms. The summed E-state index contributed by atoms with van der Waals surface area (Å²) in [5.74, 6) is -1.49. The molecular formula is C16H12F2O3. The van der Waals surface area contributed by atoms with Crippen LogP contribution in [-0.4, -0.2) is 19.2 Å². The second kappa shape index (κ2) is 4.93. The molecule has 5 heteroatoms. The molecule has 21 heavy (non-hydrogen) atoms. The van der Waals surface area contributed by atoms with Gasteiger partial charge in [-0.3, -0.25) is 0 Å². The van der Waals surface area contributed by atoms with Crippen LogP contribution in [0.3, 0.4) is 0 Å². The zero-order valence-electron chi connectivity index (χ0n) is 11.2. The van der Waals surface area contributed by atoms with Gasteiger partial charge in [-0.1, -0.05) is 24.3 Å². The average Bonchev–Trinajstić information content (AvgIpc) is 3.23. The van der Waals surface area contributed by atoms with Crippen molar-refractivity contribution in [3.05, 3.63) is 71.3 Å². The number of ether oxygens (including phenoxy) is 2. The maximum atomic E-state index is 13.5. The van der Waals surface area contributed by atoms with Crippen LogP contribution in [0.5, 0.6) is 0 Å². The Labute approximate surface area is 120 Å². The summed E-state index contributed by atoms with van der Waals surface area (Å²) in [4.78, 5) is 11.8. The summed E-state index contributed by atoms with van der Waals surface area (Å²) in [7, 11) is 1.24. The lowest BCUT2D eigenvalue weighted by atomic mass is 9.87. The minimum Gasteiger partial charge on any atom is -0.467 e. The number of epoxide rings is 1. The zero-order chi connectivity index (χ0) is 15.0. The Morgan fingerprint density at radius 1 is 1.10 bits per heavy atom. The lowest BCUT2D eigenvalue weighted by Crippen LogP contribution is -2.22. The van der Waals surface area contributed by atoms with Crippen molar-refractivity contribution in [1.29, 1.82) is 0 Å². The molecule has 0 aromatic heterocycles. The first-order valence-electron chi connectivity index (χ1n) is 6.35. The van der Waals surface area contributed by atoms with Crippen LogP contribution in [0.1, 0.15) is 11.1 Å². The van der Waals surface area contributed by atoms with Crippen LogP contribution in [0, 0.1) is 11.6 Å². The van der Waals surface area contributed by atoms with E-state index in [1.165, 1.54) is 43.5 Å². The minimum atomic E-state index is -1.20. The third-order valence-electron chi connectivity index (χ3n) is 3.54. The van der Waals surface area contributed by atoms with Crippen LogP contribution in [0.4, 0.5) is 8.78 Å². The van der Waals surface area contributed by atoms with Gasteiger partial charge < -0.3 is 9.47 Å². The zero-order valence-corrected chi connectivity index (χ0v) is 11.2. The number of rotatable bonds is 3. The van der Waals surface area contributed by atoms with Crippen molar-refractivity contribution in [2.24, 2.45) is 0 Å². The van der Waals surface area contributed by atoms with E-state index in [2.05, 4.69) is 4.74 Å². The van der Waals surface area contributed by atoms with Crippen LogP contribution in [0.2, 0.25) is 0 Å². The number of hydrogen-bond acceptors (Lipinski definition) is 3. The predicted molar refractivity (Wildman–Crippen MR) is 70.5 cm³/mol. The van der Waals surface area contributed by atoms with Crippen LogP contribution < -0.4 is 0 Å². The van der Waals surface area contributed by atoms with E-state index in [1.807, 2.05) is 0 Å². The molecule has 1 unspecified atom stereocenters. The normalized spacial score (nSPS) is 19.1. The summed E-state index contributed by atoms with van der Waals surface area (Å²) in [6.07, 6.45) is -0.911. The van der Waals surface area contributed by atoms with E-state index in [-0.39, 0.29) is 0 Å². The van der Waals surface area contributed by atoms with Gasteiger partial charge in [0.05, 0.1) is 7.11 Å². The van der Waals surface area contributed by atoms with Gasteiger partial charge in [-0.05, 0) is 35.4 Å². The van der Waals surface area contributed by atoms with Crippen LogP contribution in [0.15, 0.2) is 48.5 Å². The van der Waals surface area contributed by atoms with E-state index < -0.39 is 29.3 Å². The molecule has 2 aromatic rings. The van der Waals surface area contributed by atoms with E-state index in [0.717, 1.165) is 0 Å². The van der Waals surface area contributed by atoms with E-state index in [0.29, 0.717) is 11.1 Å². The highest BCUT2D eigenvalue weighted by molar-refractivity contribution is 5.81. The Morgan fingerprint density at radius 2 is 1.62 bits per heavy atom. The third-order valence-corrected chi connectivity index (χ3v) is 3.54. The number of carbonyl (C=O) groups is 1. The number of halogens is 2. The summed E-state index contributed by atoms with van der Waals surface area (Å²) in [5.41, 5.74) is -0.302. The Kier molecular flexibility index (Phi) is 3.22. The van der Waals surface area contributed by atoms with Gasteiger partial charge in [0, 0.05) is 0 Å². The predicted octanol–water partition coefficient (Wildman–Crippen LogP) is 2.78. The molecular weight excluding hydrogens is 278 g/mol. The quantitative estimate of drug-likeness (QED) is 0.644. The Morgan fingerprint density at radius 3 is 2.05 bits per heavy atom. The van der Waals surface area contributed by atoms with Crippen molar-refractivity contribution in [1.82, 2.24) is 0 Å². The van der Waals surface area contributed by atoms with Gasteiger partial charge in [0.1, 0.15) is 11.6 Å². The van der Waals surface area contributed by atoms with Gasteiger partial charge in [0.25, 0.3) is 0 Å². The van der Waals surface area contributed by atoms with E-state index in [4.69, 9.17) is 4.74 Å². The highest BCUT2D eigenvalue weighted by Gasteiger charge is 2.64. The van der Waals surface area contributed by atoms with E-state index >= 15 is 0 Å². The maximum absolute atomic E-state index is 13.5. The minimum absolute atomic E-state index is 0.448. The number of carbonyl (C=O) groups excluding carboxylic acids is 1. The lowest BCUT2D eigenvalue weighted by molar-refractivity contribution is -0.142. The SMILES string of the molecule is COC(=O)C1OC1(c1cccc(F)c1)c1cccc(F)c1. The van der Waals surface area contributed by atoms with Gasteiger partial charge in [-0.2, -0.15) is 0 Å². The molecule has 0 amide bonds. The first-order chi connectivity index (χ1) is 10.1. The first-order valence-corrected chi connectivity index (χ1v) is 6.35. The summed E-state index contributed by atoms with van der Waals surface area (Å²) in [6.45, 7) is 0. The lowest BCUT2D eigenvalue weighted by Gasteiger charge is -2.14. The smallest absolute Gasteiger partial charge is 0.338 e. The average molecular weight is 290 g/mol. The highest BCUT2D eigenvalue weighted by atomic mass is 19.1. The highest BCUT2D eigenvalue weighted by Crippen LogP contribution is 2.52. The summed E-state index contributed by atoms with van der Waals surface area (Å²) in [6, 6.07) is 11.4. The van der Waals surface area contributed by atoms with Crippen molar-refractivity contribution in [3.8, 4) is 0 Å². The summed E-state index contributed by atoms with van der Waals surface area (Å²) >= 11 is 0. The van der Waals surface area contributed by atoms with Crippen LogP contribution >= 0.6 is 0 Å². The number of hydrogen-bond donors (Lipinski definition) is 0. The Hall–Kier alpha value is -2.27. The third kappa shape index (κ3) is 2.19. The standard InChI is InChI=1S/C16H12F2O3/c1-20-15(19)14-16(21-14,10-4-2-6-12(17)8-10)11-5-3-7-13(18)9-11/h2-9,14H,1H3. The van der Waals surface area contributed by atoms with Gasteiger partial charge in [-0.15, -0.1) is 0 Å². The maximum Gasteiger partial charge on any atom is 0.338 e. The largest absolute Gasteiger partial charge is 0.467 e. The first kappa shape index (κ1) is 13.7. The van der Waals surface area contributed by atoms with Crippen molar-refractivity contribution in [3.63, 3.8) is 0 Å². The molecule has 0 aliphatic carbocycles. The molecule has 1 aliphatic rings. The van der Waals surface area contributed by atoms with Gasteiger partial charge >= 0.3 is 5.97 Å². The molecule has 3 nitrogen and oxygen atoms in total. The van der Waals surface area contributed by atoms with Gasteiger partial charge in [-0.25, -0.2) is 13.6 Å². The molecule has 108 valence electrons.